The van der Waals surface area contributed by atoms with E-state index in [0.717, 1.165) is 171 Å². The number of hydrogen-bond donors (Lipinski definition) is 6. The average molecular weight is 883 g/mol. The number of halogens is 2. The zero-order valence-corrected chi connectivity index (χ0v) is 39.2. The molecule has 0 spiro atoms. The summed E-state index contributed by atoms with van der Waals surface area (Å²) in [4.78, 5) is 55.2. The molecule has 2 aliphatic heterocycles. The number of Topliss-reactive ketones (excluding diaryl/α,β-unsaturated/α-hetero) is 2. The number of nitrogens with zero attached hydrogens (tertiary/aromatic N) is 4. The summed E-state index contributed by atoms with van der Waals surface area (Å²) in [6, 6.07) is 0. The molecule has 2 amide bonds. The topological polar surface area (TPSA) is 163 Å². The first-order valence-electron chi connectivity index (χ1n) is 22.8. The second-order valence-electron chi connectivity index (χ2n) is 17.3. The Morgan fingerprint density at radius 2 is 0.847 bits per heavy atom. The van der Waals surface area contributed by atoms with E-state index in [1.807, 2.05) is 14.1 Å². The number of rotatable bonds is 38. The number of unbranched alkanes of at least 4 members (excludes halogenated alkanes) is 4. The Morgan fingerprint density at radius 1 is 0.525 bits per heavy atom. The highest BCUT2D eigenvalue weighted by atomic mass is 35.5. The normalized spacial score (nSPS) is 20.9. The predicted octanol–water partition coefficient (Wildman–Crippen LogP) is -0.553. The molecule has 2 aliphatic rings. The molecule has 2 rings (SSSR count). The van der Waals surface area contributed by atoms with Crippen molar-refractivity contribution in [3.8, 4) is 0 Å². The fraction of sp³-hybridized carbons (Fsp3) is 0.907. The molecule has 0 aliphatic carbocycles. The Bertz CT molecular complexity index is 1050. The summed E-state index contributed by atoms with van der Waals surface area (Å²) < 4.78 is 1.70. The Kier molecular flexibility index (Phi) is 33.2. The van der Waals surface area contributed by atoms with Crippen LogP contribution < -0.4 is 33.7 Å². The molecule has 6 N–H and O–H groups in total. The van der Waals surface area contributed by atoms with E-state index in [0.29, 0.717) is 51.6 Å². The fourth-order valence-electron chi connectivity index (χ4n) is 8.39. The van der Waals surface area contributed by atoms with Gasteiger partial charge in [-0.3, -0.25) is 29.0 Å². The van der Waals surface area contributed by atoms with Crippen LogP contribution in [0.15, 0.2) is 0 Å². The lowest BCUT2D eigenvalue weighted by molar-refractivity contribution is -0.970. The molecule has 2 saturated heterocycles. The summed E-state index contributed by atoms with van der Waals surface area (Å²) in [5.41, 5.74) is 0. The number of aliphatic hydroxyl groups is 2. The third kappa shape index (κ3) is 25.9. The minimum Gasteiger partial charge on any atom is -1.00 e. The third-order valence-corrected chi connectivity index (χ3v) is 12.0. The van der Waals surface area contributed by atoms with Crippen molar-refractivity contribution in [2.24, 2.45) is 0 Å². The van der Waals surface area contributed by atoms with Gasteiger partial charge in [-0.15, -0.1) is 12.4 Å². The highest BCUT2D eigenvalue weighted by molar-refractivity contribution is 5.85. The van der Waals surface area contributed by atoms with E-state index in [-0.39, 0.29) is 60.4 Å². The van der Waals surface area contributed by atoms with Crippen LogP contribution in [-0.4, -0.2) is 190 Å². The smallest absolute Gasteiger partial charge is 0.220 e. The second-order valence-corrected chi connectivity index (χ2v) is 17.3. The van der Waals surface area contributed by atoms with Gasteiger partial charge in [-0.1, -0.05) is 26.7 Å². The van der Waals surface area contributed by atoms with Crippen LogP contribution in [0, 0.1) is 0 Å². The molecule has 0 saturated carbocycles. The van der Waals surface area contributed by atoms with Crippen LogP contribution in [-0.2, 0) is 19.2 Å². The maximum absolute atomic E-state index is 12.7. The quantitative estimate of drug-likeness (QED) is 0.0270. The summed E-state index contributed by atoms with van der Waals surface area (Å²) in [6.45, 7) is 18.7. The molecule has 0 aromatic heterocycles. The van der Waals surface area contributed by atoms with Crippen LogP contribution in [0.4, 0.5) is 0 Å². The summed E-state index contributed by atoms with van der Waals surface area (Å²) in [6.07, 6.45) is 11.7. The van der Waals surface area contributed by atoms with Crippen LogP contribution in [0.3, 0.4) is 0 Å². The summed E-state index contributed by atoms with van der Waals surface area (Å²) in [5, 5.41) is 32.0. The number of carbonyl (C=O) groups excluding carboxylic acids is 4. The molecule has 2 fully saturated rings. The van der Waals surface area contributed by atoms with E-state index in [1.54, 1.807) is 0 Å². The standard InChI is InChI=1S/C43H84N8O6.2ClH/c1-5-7-25-48(27-13-17-38(52)15-9-11-19-42(56)46-23-31-50(29-21-44-3)33-40(54)34-50)37-49(26-8-6-2)28-14-18-39(53)16-10-12-20-43(57)47-24-32-51(30-22-45-4)35-41(55)36-51;;/h40-41,44-45,54-55H,5-37H2,1-4H3;2*1H/p+1. The maximum atomic E-state index is 12.7. The van der Waals surface area contributed by atoms with E-state index in [2.05, 4.69) is 44.9 Å². The van der Waals surface area contributed by atoms with Crippen molar-refractivity contribution in [3.63, 3.8) is 0 Å². The van der Waals surface area contributed by atoms with Crippen LogP contribution in [0.1, 0.15) is 117 Å². The molecule has 16 heteroatoms. The molecule has 0 aromatic carbocycles. The highest BCUT2D eigenvalue weighted by Crippen LogP contribution is 2.20. The zero-order chi connectivity index (χ0) is 41.8. The Hall–Kier alpha value is -1.46. The first-order valence-corrected chi connectivity index (χ1v) is 22.8. The van der Waals surface area contributed by atoms with Crippen molar-refractivity contribution in [2.45, 2.75) is 129 Å². The molecule has 348 valence electrons. The number of ketones is 2. The van der Waals surface area contributed by atoms with Gasteiger partial charge in [0.25, 0.3) is 0 Å². The molecule has 0 atom stereocenters. The molecule has 59 heavy (non-hydrogen) atoms. The molecule has 0 aromatic rings. The third-order valence-electron chi connectivity index (χ3n) is 12.0. The van der Waals surface area contributed by atoms with Gasteiger partial charge in [-0.05, 0) is 91.6 Å². The van der Waals surface area contributed by atoms with Gasteiger partial charge in [-0.25, -0.2) is 0 Å². The SMILES string of the molecule is CCCCN(CCCC(=O)CCCCC(=O)NCC[N+]1(CCNC)CC(O)C1)CN(CCCC)CCCC(=O)CCCCC(=O)NCC[N+]1(CCNC)CC(O)C1.Cl.[Cl-]. The van der Waals surface area contributed by atoms with Crippen molar-refractivity contribution in [1.29, 1.82) is 0 Å². The number of amides is 2. The lowest BCUT2D eigenvalue weighted by Gasteiger charge is -2.48. The van der Waals surface area contributed by atoms with Crippen LogP contribution in [0.25, 0.3) is 0 Å². The molecular weight excluding hydrogens is 795 g/mol. The first-order chi connectivity index (χ1) is 27.5. The lowest BCUT2D eigenvalue weighted by Crippen LogP contribution is -3.00. The van der Waals surface area contributed by atoms with Gasteiger partial charge in [-0.2, -0.15) is 0 Å². The number of nitrogens with one attached hydrogen (secondary N) is 4. The molecule has 0 bridgehead atoms. The van der Waals surface area contributed by atoms with Crippen molar-refractivity contribution in [3.05, 3.63) is 0 Å². The molecule has 0 unspecified atom stereocenters. The molecule has 2 heterocycles. The van der Waals surface area contributed by atoms with Crippen LogP contribution >= 0.6 is 12.4 Å². The minimum atomic E-state index is -0.230. The van der Waals surface area contributed by atoms with Gasteiger partial charge in [0, 0.05) is 51.6 Å². The monoisotopic (exact) mass is 882 g/mol. The van der Waals surface area contributed by atoms with E-state index in [9.17, 15) is 29.4 Å². The van der Waals surface area contributed by atoms with E-state index >= 15 is 0 Å². The van der Waals surface area contributed by atoms with Crippen LogP contribution in [0.2, 0.25) is 0 Å². The van der Waals surface area contributed by atoms with Gasteiger partial charge in [0.2, 0.25) is 11.8 Å². The Labute approximate surface area is 370 Å². The number of likely N-dealkylation sites (N-methyl/N-ethyl adjacent to an activating group) is 2. The largest absolute Gasteiger partial charge is 1.00 e. The second kappa shape index (κ2) is 34.1. The lowest BCUT2D eigenvalue weighted by atomic mass is 10.1. The molecular formula is C43H87Cl2N8O6+. The summed E-state index contributed by atoms with van der Waals surface area (Å²) in [5.74, 6) is 0.641. The van der Waals surface area contributed by atoms with Crippen molar-refractivity contribution in [2.75, 3.05) is 125 Å². The number of carbonyl (C=O) groups is 4. The fourth-order valence-corrected chi connectivity index (χ4v) is 8.39. The van der Waals surface area contributed by atoms with Gasteiger partial charge in [0.05, 0.1) is 45.9 Å². The van der Waals surface area contributed by atoms with Gasteiger partial charge >= 0.3 is 0 Å². The highest BCUT2D eigenvalue weighted by Gasteiger charge is 2.43. The van der Waals surface area contributed by atoms with E-state index < -0.39 is 0 Å². The predicted molar refractivity (Wildman–Crippen MR) is 236 cm³/mol. The van der Waals surface area contributed by atoms with Gasteiger partial charge in [0.1, 0.15) is 37.7 Å². The van der Waals surface area contributed by atoms with Crippen molar-refractivity contribution < 1.29 is 50.8 Å². The van der Waals surface area contributed by atoms with E-state index in [1.165, 1.54) is 0 Å². The minimum absolute atomic E-state index is 0. The van der Waals surface area contributed by atoms with E-state index in [4.69, 9.17) is 0 Å². The average Bonchev–Trinajstić information content (AvgIpc) is 3.16. The Balaban J connectivity index is 0.0000168. The van der Waals surface area contributed by atoms with Gasteiger partial charge < -0.3 is 52.9 Å². The summed E-state index contributed by atoms with van der Waals surface area (Å²) in [7, 11) is 3.87. The van der Waals surface area contributed by atoms with Crippen molar-refractivity contribution >= 4 is 35.8 Å². The number of hydrogen-bond acceptors (Lipinski definition) is 10. The number of quaternary nitrogens is 2. The number of likely N-dealkylation sites (tertiary alicyclic amines) is 2. The maximum Gasteiger partial charge on any atom is 0.220 e. The number of aliphatic hydroxyl groups excluding tert-OH is 2. The van der Waals surface area contributed by atoms with Gasteiger partial charge in [0.15, 0.2) is 12.2 Å². The molecule has 0 radical (unpaired) electrons. The zero-order valence-electron chi connectivity index (χ0n) is 37.6. The first kappa shape index (κ1) is 57.5. The van der Waals surface area contributed by atoms with Crippen molar-refractivity contribution in [1.82, 2.24) is 31.1 Å². The Morgan fingerprint density at radius 3 is 1.19 bits per heavy atom. The summed E-state index contributed by atoms with van der Waals surface area (Å²) >= 11 is 0. The van der Waals surface area contributed by atoms with Crippen LogP contribution in [0.5, 0.6) is 0 Å². The molecule has 14 nitrogen and oxygen atoms in total.